The lowest BCUT2D eigenvalue weighted by Gasteiger charge is -2.58. The molecular weight excluding hydrogens is 436 g/mol. The molecule has 0 unspecified atom stereocenters. The van der Waals surface area contributed by atoms with Gasteiger partial charge in [-0.05, 0) is 73.3 Å². The molecule has 2 saturated carbocycles. The topological polar surface area (TPSA) is 96.0 Å². The van der Waals surface area contributed by atoms with Crippen LogP contribution in [-0.4, -0.2) is 35.9 Å². The molecule has 2 fully saturated rings. The smallest absolute Gasteiger partial charge is 0.307 e. The number of ketones is 1. The quantitative estimate of drug-likeness (QED) is 0.431. The maximum atomic E-state index is 13.4. The summed E-state index contributed by atoms with van der Waals surface area (Å²) in [6.07, 6.45) is 9.81. The molecule has 6 atom stereocenters. The monoisotopic (exact) mass is 472 g/mol. The van der Waals surface area contributed by atoms with Gasteiger partial charge in [0.05, 0.1) is 0 Å². The summed E-state index contributed by atoms with van der Waals surface area (Å²) in [6.45, 7) is 8.09. The fourth-order valence-electron chi connectivity index (χ4n) is 7.77. The van der Waals surface area contributed by atoms with Crippen LogP contribution in [0, 0.1) is 28.6 Å². The van der Waals surface area contributed by atoms with Gasteiger partial charge in [-0.25, -0.2) is 0 Å². The van der Waals surface area contributed by atoms with Crippen molar-refractivity contribution in [2.24, 2.45) is 28.6 Å². The van der Waals surface area contributed by atoms with Crippen molar-refractivity contribution >= 4 is 23.7 Å². The van der Waals surface area contributed by atoms with E-state index in [4.69, 9.17) is 14.2 Å². The number of ether oxygens (including phenoxy) is 3. The molecule has 7 heteroatoms. The molecule has 0 aromatic heterocycles. The lowest BCUT2D eigenvalue weighted by Crippen LogP contribution is -2.59. The van der Waals surface area contributed by atoms with Gasteiger partial charge in [-0.2, -0.15) is 0 Å². The average molecular weight is 473 g/mol. The van der Waals surface area contributed by atoms with Crippen molar-refractivity contribution in [3.8, 4) is 0 Å². The number of hydrogen-bond donors (Lipinski definition) is 0. The van der Waals surface area contributed by atoms with Crippen LogP contribution in [0.25, 0.3) is 0 Å². The van der Waals surface area contributed by atoms with Crippen LogP contribution in [-0.2, 0) is 33.4 Å². The molecule has 4 rings (SSSR count). The first-order valence-corrected chi connectivity index (χ1v) is 12.4. The van der Waals surface area contributed by atoms with E-state index in [0.717, 1.165) is 44.3 Å². The minimum absolute atomic E-state index is 0.0116. The SMILES string of the molecule is CC(=O)OCC(=O)[C@@]1(OC(C)=O)CC[C@H]2[C@H]3CC=C4C=C(OC(C)=O)CC[C@]4(C)[C@@H]3CC[C@@]21C. The second-order valence-corrected chi connectivity index (χ2v) is 11.0. The summed E-state index contributed by atoms with van der Waals surface area (Å²) in [5.41, 5.74) is -0.534. The molecule has 4 aliphatic carbocycles. The van der Waals surface area contributed by atoms with Crippen LogP contribution in [0.1, 0.15) is 79.6 Å². The van der Waals surface area contributed by atoms with Crippen molar-refractivity contribution in [2.75, 3.05) is 6.61 Å². The maximum absolute atomic E-state index is 13.4. The van der Waals surface area contributed by atoms with Crippen LogP contribution in [0.4, 0.5) is 0 Å². The van der Waals surface area contributed by atoms with E-state index in [0.29, 0.717) is 18.3 Å². The Morgan fingerprint density at radius 2 is 1.65 bits per heavy atom. The van der Waals surface area contributed by atoms with Gasteiger partial charge in [0.1, 0.15) is 5.76 Å². The second kappa shape index (κ2) is 8.65. The van der Waals surface area contributed by atoms with Gasteiger partial charge in [-0.1, -0.05) is 19.9 Å². The first-order valence-electron chi connectivity index (χ1n) is 12.4. The van der Waals surface area contributed by atoms with E-state index in [1.54, 1.807) is 0 Å². The molecule has 0 heterocycles. The molecule has 0 spiro atoms. The standard InChI is InChI=1S/C27H36O7/c1-16(28)32-15-24(31)27(34-18(3)30)13-10-23-21-7-6-19-14-20(33-17(2)29)8-11-25(19,4)22(21)9-12-26(23,27)5/h6,14,21-23H,7-13,15H2,1-5H3/t21-,22+,23-,25-,26-,27-/m0/s1. The molecule has 186 valence electrons. The zero-order valence-corrected chi connectivity index (χ0v) is 20.9. The highest BCUT2D eigenvalue weighted by atomic mass is 16.6. The van der Waals surface area contributed by atoms with E-state index >= 15 is 0 Å². The first-order chi connectivity index (χ1) is 15.9. The molecular formula is C27H36O7. The van der Waals surface area contributed by atoms with E-state index in [-0.39, 0.29) is 29.7 Å². The predicted molar refractivity (Wildman–Crippen MR) is 123 cm³/mol. The fourth-order valence-corrected chi connectivity index (χ4v) is 7.77. The zero-order valence-electron chi connectivity index (χ0n) is 20.9. The normalized spacial score (nSPS) is 38.3. The van der Waals surface area contributed by atoms with Gasteiger partial charge in [0, 0.05) is 32.6 Å². The number of hydrogen-bond acceptors (Lipinski definition) is 7. The molecule has 0 aromatic carbocycles. The van der Waals surface area contributed by atoms with Gasteiger partial charge < -0.3 is 14.2 Å². The van der Waals surface area contributed by atoms with E-state index in [1.165, 1.54) is 26.3 Å². The Bertz CT molecular complexity index is 977. The third-order valence-corrected chi connectivity index (χ3v) is 9.30. The summed E-state index contributed by atoms with van der Waals surface area (Å²) in [5, 5.41) is 0. The number of rotatable bonds is 5. The zero-order chi connectivity index (χ0) is 24.9. The number of allylic oxidation sites excluding steroid dienone is 4. The van der Waals surface area contributed by atoms with Gasteiger partial charge in [0.25, 0.3) is 0 Å². The fraction of sp³-hybridized carbons (Fsp3) is 0.704. The second-order valence-electron chi connectivity index (χ2n) is 11.0. The maximum Gasteiger partial charge on any atom is 0.307 e. The van der Waals surface area contributed by atoms with Crippen molar-refractivity contribution in [1.29, 1.82) is 0 Å². The van der Waals surface area contributed by atoms with Gasteiger partial charge >= 0.3 is 17.9 Å². The molecule has 0 aromatic rings. The molecule has 0 aliphatic heterocycles. The van der Waals surface area contributed by atoms with E-state index < -0.39 is 23.0 Å². The summed E-state index contributed by atoms with van der Waals surface area (Å²) < 4.78 is 16.3. The van der Waals surface area contributed by atoms with E-state index in [9.17, 15) is 19.2 Å². The van der Waals surface area contributed by atoms with Gasteiger partial charge in [0.2, 0.25) is 5.78 Å². The highest BCUT2D eigenvalue weighted by molar-refractivity contribution is 5.93. The van der Waals surface area contributed by atoms with Crippen LogP contribution in [0.15, 0.2) is 23.5 Å². The van der Waals surface area contributed by atoms with Crippen molar-refractivity contribution in [1.82, 2.24) is 0 Å². The Morgan fingerprint density at radius 3 is 2.29 bits per heavy atom. The molecule has 0 amide bonds. The Labute approximate surface area is 201 Å². The average Bonchev–Trinajstić information content (AvgIpc) is 3.04. The number of Topliss-reactive ketones (excluding diaryl/α,β-unsaturated/α-hetero) is 1. The van der Waals surface area contributed by atoms with E-state index in [2.05, 4.69) is 26.0 Å². The third kappa shape index (κ3) is 3.81. The third-order valence-electron chi connectivity index (χ3n) is 9.30. The van der Waals surface area contributed by atoms with Crippen LogP contribution in [0.3, 0.4) is 0 Å². The van der Waals surface area contributed by atoms with E-state index in [1.807, 2.05) is 0 Å². The molecule has 0 N–H and O–H groups in total. The van der Waals surface area contributed by atoms with Crippen molar-refractivity contribution in [3.63, 3.8) is 0 Å². The van der Waals surface area contributed by atoms with Gasteiger partial charge in [-0.15, -0.1) is 0 Å². The number of esters is 3. The summed E-state index contributed by atoms with van der Waals surface area (Å²) in [7, 11) is 0. The Balaban J connectivity index is 1.65. The van der Waals surface area contributed by atoms with Crippen molar-refractivity contribution in [2.45, 2.75) is 85.2 Å². The summed E-state index contributed by atoms with van der Waals surface area (Å²) in [6, 6.07) is 0. The molecule has 4 aliphatic rings. The van der Waals surface area contributed by atoms with Crippen LogP contribution in [0.2, 0.25) is 0 Å². The highest BCUT2D eigenvalue weighted by Crippen LogP contribution is 2.67. The highest BCUT2D eigenvalue weighted by Gasteiger charge is 2.68. The van der Waals surface area contributed by atoms with Crippen molar-refractivity contribution in [3.05, 3.63) is 23.5 Å². The molecule has 0 bridgehead atoms. The Kier molecular flexibility index (Phi) is 6.28. The number of fused-ring (bicyclic) bond motifs is 5. The molecule has 34 heavy (non-hydrogen) atoms. The molecule has 7 nitrogen and oxygen atoms in total. The first kappa shape index (κ1) is 24.7. The van der Waals surface area contributed by atoms with Crippen molar-refractivity contribution < 1.29 is 33.4 Å². The number of carbonyl (C=O) groups excluding carboxylic acids is 4. The molecule has 0 saturated heterocycles. The van der Waals surface area contributed by atoms with Gasteiger partial charge in [0.15, 0.2) is 12.2 Å². The summed E-state index contributed by atoms with van der Waals surface area (Å²) >= 11 is 0. The Morgan fingerprint density at radius 1 is 0.941 bits per heavy atom. The number of carbonyl (C=O) groups is 4. The van der Waals surface area contributed by atoms with Crippen LogP contribution < -0.4 is 0 Å². The Hall–Kier alpha value is -2.44. The minimum Gasteiger partial charge on any atom is -0.458 e. The lowest BCUT2D eigenvalue weighted by atomic mass is 9.47. The largest absolute Gasteiger partial charge is 0.458 e. The van der Waals surface area contributed by atoms with Crippen LogP contribution in [0.5, 0.6) is 0 Å². The summed E-state index contributed by atoms with van der Waals surface area (Å²) in [5.74, 6) is 0.170. The van der Waals surface area contributed by atoms with Crippen LogP contribution >= 0.6 is 0 Å². The van der Waals surface area contributed by atoms with Gasteiger partial charge in [-0.3, -0.25) is 19.2 Å². The summed E-state index contributed by atoms with van der Waals surface area (Å²) in [4.78, 5) is 48.4. The minimum atomic E-state index is -1.26. The predicted octanol–water partition coefficient (Wildman–Crippen LogP) is 4.44. The lowest BCUT2D eigenvalue weighted by molar-refractivity contribution is -0.190. The molecule has 0 radical (unpaired) electrons.